The van der Waals surface area contributed by atoms with Crippen molar-refractivity contribution >= 4 is 5.69 Å². The Morgan fingerprint density at radius 3 is 2.56 bits per heavy atom. The van der Waals surface area contributed by atoms with Crippen molar-refractivity contribution in [3.05, 3.63) is 24.0 Å². The summed E-state index contributed by atoms with van der Waals surface area (Å²) in [5.74, 6) is 0. The van der Waals surface area contributed by atoms with E-state index in [0.717, 1.165) is 24.5 Å². The number of anilines is 1. The number of nitrogens with zero attached hydrogens (tertiary/aromatic N) is 3. The van der Waals surface area contributed by atoms with Gasteiger partial charge in [0.1, 0.15) is 0 Å². The van der Waals surface area contributed by atoms with Gasteiger partial charge in [0.15, 0.2) is 0 Å². The second-order valence-electron chi connectivity index (χ2n) is 5.73. The minimum absolute atomic E-state index is 0.370. The Labute approximate surface area is 110 Å². The number of aromatic nitrogens is 1. The van der Waals surface area contributed by atoms with E-state index in [9.17, 15) is 0 Å². The summed E-state index contributed by atoms with van der Waals surface area (Å²) >= 11 is 0. The van der Waals surface area contributed by atoms with Gasteiger partial charge in [0.05, 0.1) is 5.69 Å². The summed E-state index contributed by atoms with van der Waals surface area (Å²) in [5, 5.41) is 0. The molecule has 1 fully saturated rings. The third kappa shape index (κ3) is 2.82. The number of pyridine rings is 1. The van der Waals surface area contributed by atoms with Crippen LogP contribution in [0.2, 0.25) is 0 Å². The second-order valence-corrected chi connectivity index (χ2v) is 5.73. The van der Waals surface area contributed by atoms with Gasteiger partial charge in [0.2, 0.25) is 0 Å². The van der Waals surface area contributed by atoms with Crippen LogP contribution < -0.4 is 5.73 Å². The second kappa shape index (κ2) is 5.24. The SMILES string of the molecule is CN(Cc1cc(N)ccn1)CC1(N(C)C)CCC1. The van der Waals surface area contributed by atoms with E-state index < -0.39 is 0 Å². The Bertz CT molecular complexity index is 399. The molecule has 1 aliphatic rings. The minimum atomic E-state index is 0.370. The Morgan fingerprint density at radius 2 is 2.06 bits per heavy atom. The molecule has 1 heterocycles. The van der Waals surface area contributed by atoms with Crippen molar-refractivity contribution in [3.8, 4) is 0 Å². The predicted molar refractivity (Wildman–Crippen MR) is 75.3 cm³/mol. The molecule has 2 N–H and O–H groups in total. The van der Waals surface area contributed by atoms with Crippen LogP contribution >= 0.6 is 0 Å². The highest BCUT2D eigenvalue weighted by atomic mass is 15.2. The Hall–Kier alpha value is -1.13. The molecule has 0 saturated heterocycles. The lowest BCUT2D eigenvalue weighted by atomic mass is 9.75. The zero-order valence-corrected chi connectivity index (χ0v) is 11.7. The third-order valence-electron chi connectivity index (χ3n) is 4.07. The minimum Gasteiger partial charge on any atom is -0.399 e. The van der Waals surface area contributed by atoms with Crippen LogP contribution in [0.5, 0.6) is 0 Å². The van der Waals surface area contributed by atoms with E-state index in [1.165, 1.54) is 19.3 Å². The number of hydrogen-bond acceptors (Lipinski definition) is 4. The van der Waals surface area contributed by atoms with Crippen molar-refractivity contribution in [3.63, 3.8) is 0 Å². The average Bonchev–Trinajstić information content (AvgIpc) is 2.23. The van der Waals surface area contributed by atoms with Gasteiger partial charge >= 0.3 is 0 Å². The molecular weight excluding hydrogens is 224 g/mol. The fourth-order valence-electron chi connectivity index (χ4n) is 2.75. The molecule has 1 saturated carbocycles. The summed E-state index contributed by atoms with van der Waals surface area (Å²) in [7, 11) is 6.53. The molecule has 0 spiro atoms. The van der Waals surface area contributed by atoms with Crippen LogP contribution in [0.15, 0.2) is 18.3 Å². The van der Waals surface area contributed by atoms with Crippen molar-refractivity contribution in [1.29, 1.82) is 0 Å². The molecule has 0 aromatic carbocycles. The van der Waals surface area contributed by atoms with Crippen LogP contribution in [0.4, 0.5) is 5.69 Å². The van der Waals surface area contributed by atoms with Crippen LogP contribution in [-0.4, -0.2) is 48.0 Å². The molecule has 4 nitrogen and oxygen atoms in total. The highest BCUT2D eigenvalue weighted by molar-refractivity contribution is 5.37. The van der Waals surface area contributed by atoms with Crippen LogP contribution in [0, 0.1) is 0 Å². The average molecular weight is 248 g/mol. The summed E-state index contributed by atoms with van der Waals surface area (Å²) < 4.78 is 0. The first-order valence-electron chi connectivity index (χ1n) is 6.58. The number of likely N-dealkylation sites (N-methyl/N-ethyl adjacent to an activating group) is 2. The van der Waals surface area contributed by atoms with E-state index in [-0.39, 0.29) is 0 Å². The smallest absolute Gasteiger partial charge is 0.0564 e. The van der Waals surface area contributed by atoms with E-state index in [0.29, 0.717) is 5.54 Å². The van der Waals surface area contributed by atoms with Gasteiger partial charge in [0, 0.05) is 30.5 Å². The summed E-state index contributed by atoms with van der Waals surface area (Å²) in [6.45, 7) is 1.96. The summed E-state index contributed by atoms with van der Waals surface area (Å²) in [6.07, 6.45) is 5.73. The van der Waals surface area contributed by atoms with Crippen LogP contribution in [0.3, 0.4) is 0 Å². The molecule has 0 radical (unpaired) electrons. The highest BCUT2D eigenvalue weighted by Gasteiger charge is 2.39. The maximum absolute atomic E-state index is 5.78. The molecule has 1 aromatic rings. The van der Waals surface area contributed by atoms with Crippen LogP contribution in [0.25, 0.3) is 0 Å². The molecule has 4 heteroatoms. The van der Waals surface area contributed by atoms with Gasteiger partial charge in [-0.15, -0.1) is 0 Å². The molecule has 0 amide bonds. The molecule has 0 atom stereocenters. The lowest BCUT2D eigenvalue weighted by Crippen LogP contribution is -2.56. The molecule has 0 bridgehead atoms. The first kappa shape index (κ1) is 13.3. The molecule has 2 rings (SSSR count). The van der Waals surface area contributed by atoms with Gasteiger partial charge in [-0.05, 0) is 52.5 Å². The fraction of sp³-hybridized carbons (Fsp3) is 0.643. The number of nitrogens with two attached hydrogens (primary N) is 1. The molecule has 1 aromatic heterocycles. The van der Waals surface area contributed by atoms with Crippen molar-refractivity contribution in [2.45, 2.75) is 31.3 Å². The van der Waals surface area contributed by atoms with Crippen LogP contribution in [0.1, 0.15) is 25.0 Å². The van der Waals surface area contributed by atoms with Gasteiger partial charge in [-0.1, -0.05) is 0 Å². The first-order valence-corrected chi connectivity index (χ1v) is 6.58. The van der Waals surface area contributed by atoms with Crippen molar-refractivity contribution in [2.75, 3.05) is 33.4 Å². The molecule has 100 valence electrons. The lowest BCUT2D eigenvalue weighted by molar-refractivity contribution is 0.0256. The molecule has 0 unspecified atom stereocenters. The summed E-state index contributed by atoms with van der Waals surface area (Å²) in [4.78, 5) is 9.09. The topological polar surface area (TPSA) is 45.4 Å². The molecule has 0 aliphatic heterocycles. The van der Waals surface area contributed by atoms with Gasteiger partial charge in [-0.25, -0.2) is 0 Å². The van der Waals surface area contributed by atoms with Crippen molar-refractivity contribution < 1.29 is 0 Å². The van der Waals surface area contributed by atoms with Gasteiger partial charge in [-0.3, -0.25) is 9.88 Å². The van der Waals surface area contributed by atoms with Crippen molar-refractivity contribution in [1.82, 2.24) is 14.8 Å². The lowest BCUT2D eigenvalue weighted by Gasteiger charge is -2.49. The molecular formula is C14H24N4. The van der Waals surface area contributed by atoms with Crippen molar-refractivity contribution in [2.24, 2.45) is 0 Å². The standard InChI is InChI=1S/C14H24N4/c1-17(2)14(6-4-7-14)11-18(3)10-13-9-12(15)5-8-16-13/h5,8-9H,4,6-7,10-11H2,1-3H3,(H2,15,16). The number of hydrogen-bond donors (Lipinski definition) is 1. The maximum Gasteiger partial charge on any atom is 0.0564 e. The van der Waals surface area contributed by atoms with E-state index >= 15 is 0 Å². The number of nitrogen functional groups attached to an aromatic ring is 1. The Balaban J connectivity index is 1.94. The van der Waals surface area contributed by atoms with E-state index in [1.54, 1.807) is 6.20 Å². The molecule has 18 heavy (non-hydrogen) atoms. The largest absolute Gasteiger partial charge is 0.399 e. The predicted octanol–water partition coefficient (Wildman–Crippen LogP) is 1.58. The van der Waals surface area contributed by atoms with Gasteiger partial charge < -0.3 is 10.6 Å². The summed E-state index contributed by atoms with van der Waals surface area (Å²) in [6, 6.07) is 3.79. The maximum atomic E-state index is 5.78. The highest BCUT2D eigenvalue weighted by Crippen LogP contribution is 2.36. The summed E-state index contributed by atoms with van der Waals surface area (Å²) in [5.41, 5.74) is 7.99. The monoisotopic (exact) mass is 248 g/mol. The normalized spacial score (nSPS) is 18.1. The van der Waals surface area contributed by atoms with Crippen LogP contribution in [-0.2, 0) is 6.54 Å². The third-order valence-corrected chi connectivity index (χ3v) is 4.07. The van der Waals surface area contributed by atoms with E-state index in [4.69, 9.17) is 5.73 Å². The fourth-order valence-corrected chi connectivity index (χ4v) is 2.75. The first-order chi connectivity index (χ1) is 8.52. The zero-order valence-electron chi connectivity index (χ0n) is 11.7. The van der Waals surface area contributed by atoms with Gasteiger partial charge in [0.25, 0.3) is 0 Å². The zero-order chi connectivity index (χ0) is 13.2. The van der Waals surface area contributed by atoms with E-state index in [2.05, 4.69) is 35.9 Å². The Kier molecular flexibility index (Phi) is 3.88. The Morgan fingerprint density at radius 1 is 1.33 bits per heavy atom. The number of rotatable bonds is 5. The quantitative estimate of drug-likeness (QED) is 0.859. The van der Waals surface area contributed by atoms with E-state index in [1.807, 2.05) is 12.1 Å². The van der Waals surface area contributed by atoms with Gasteiger partial charge in [-0.2, -0.15) is 0 Å². The molecule has 1 aliphatic carbocycles.